The van der Waals surface area contributed by atoms with E-state index in [0.717, 1.165) is 99.6 Å². The van der Waals surface area contributed by atoms with Crippen LogP contribution in [-0.4, -0.2) is 68.2 Å². The number of aromatic nitrogens is 2. The Morgan fingerprint density at radius 1 is 0.808 bits per heavy atom. The van der Waals surface area contributed by atoms with Gasteiger partial charge >= 0.3 is 0 Å². The number of pyridine rings is 2. The van der Waals surface area contributed by atoms with E-state index in [-0.39, 0.29) is 0 Å². The molecular weight excluding hydrogens is 687 g/mol. The quantitative estimate of drug-likeness (QED) is 0.149. The number of carbonyl (C=O) groups excluding carboxylic acids is 1. The number of nitriles is 1. The minimum atomic E-state index is -0.496. The van der Waals surface area contributed by atoms with Gasteiger partial charge in [0, 0.05) is 76.1 Å². The van der Waals surface area contributed by atoms with Crippen molar-refractivity contribution in [1.29, 1.82) is 5.26 Å². The molecule has 10 nitrogen and oxygen atoms in total. The van der Waals surface area contributed by atoms with Gasteiger partial charge in [-0.2, -0.15) is 5.26 Å². The van der Waals surface area contributed by atoms with Crippen LogP contribution in [-0.2, 0) is 12.8 Å². The van der Waals surface area contributed by atoms with E-state index in [0.29, 0.717) is 20.8 Å². The SMILES string of the molecule is CCc1ccc(N2CCCN(c3cc[nH]c(=S)c3C#N)CC2)cc1.CCc1ccc(N2CCCN(c3ccnc4sc(C(N)=O)c(N)c34)CC2)cc1. The average Bonchev–Trinajstić information content (AvgIpc) is 3.35. The topological polar surface area (TPSA) is 135 Å². The molecule has 0 unspecified atom stereocenters. The van der Waals surface area contributed by atoms with Crippen molar-refractivity contribution in [1.82, 2.24) is 9.97 Å². The zero-order valence-corrected chi connectivity index (χ0v) is 31.6. The Hall–Kier alpha value is -5.12. The van der Waals surface area contributed by atoms with E-state index >= 15 is 0 Å². The first-order chi connectivity index (χ1) is 25.3. The Morgan fingerprint density at radius 3 is 1.85 bits per heavy atom. The van der Waals surface area contributed by atoms with E-state index in [1.54, 1.807) is 6.20 Å². The van der Waals surface area contributed by atoms with Crippen LogP contribution < -0.4 is 31.1 Å². The summed E-state index contributed by atoms with van der Waals surface area (Å²) in [5.41, 5.74) is 20.0. The van der Waals surface area contributed by atoms with E-state index in [1.165, 1.54) is 33.8 Å². The molecule has 2 aliphatic heterocycles. The Bertz CT molecular complexity index is 2090. The Kier molecular flexibility index (Phi) is 11.9. The van der Waals surface area contributed by atoms with Crippen LogP contribution in [0.4, 0.5) is 28.4 Å². The molecular formula is C40H47N9OS2. The molecule has 2 saturated heterocycles. The molecule has 0 bridgehead atoms. The largest absolute Gasteiger partial charge is 0.397 e. The predicted molar refractivity (Wildman–Crippen MR) is 219 cm³/mol. The second kappa shape index (κ2) is 16.9. The number of hydrogen-bond donors (Lipinski definition) is 3. The number of nitrogen functional groups attached to an aromatic ring is 1. The molecule has 0 spiro atoms. The number of anilines is 5. The van der Waals surface area contributed by atoms with Gasteiger partial charge in [0.1, 0.15) is 26.0 Å². The van der Waals surface area contributed by atoms with Gasteiger partial charge in [-0.3, -0.25) is 4.79 Å². The maximum atomic E-state index is 11.7. The van der Waals surface area contributed by atoms with Crippen molar-refractivity contribution >= 4 is 68.1 Å². The van der Waals surface area contributed by atoms with Gasteiger partial charge < -0.3 is 36.1 Å². The van der Waals surface area contributed by atoms with E-state index in [2.05, 4.69) is 98.0 Å². The van der Waals surface area contributed by atoms with E-state index < -0.39 is 5.91 Å². The van der Waals surface area contributed by atoms with Gasteiger partial charge in [-0.1, -0.05) is 50.3 Å². The molecule has 0 saturated carbocycles. The number of thiophene rings is 1. The second-order valence-electron chi connectivity index (χ2n) is 13.1. The van der Waals surface area contributed by atoms with Gasteiger partial charge in [0.15, 0.2) is 0 Å². The van der Waals surface area contributed by atoms with Crippen LogP contribution in [0.5, 0.6) is 0 Å². The van der Waals surface area contributed by atoms with Crippen LogP contribution in [0.2, 0.25) is 0 Å². The lowest BCUT2D eigenvalue weighted by Gasteiger charge is -2.25. The van der Waals surface area contributed by atoms with Gasteiger partial charge in [0.05, 0.1) is 22.4 Å². The molecule has 12 heteroatoms. The van der Waals surface area contributed by atoms with Gasteiger partial charge in [-0.25, -0.2) is 4.98 Å². The summed E-state index contributed by atoms with van der Waals surface area (Å²) in [6.45, 7) is 11.9. The Morgan fingerprint density at radius 2 is 1.33 bits per heavy atom. The summed E-state index contributed by atoms with van der Waals surface area (Å²) in [5, 5.41) is 10.3. The van der Waals surface area contributed by atoms with E-state index in [1.807, 2.05) is 18.3 Å². The summed E-state index contributed by atoms with van der Waals surface area (Å²) in [6, 6.07) is 23.9. The monoisotopic (exact) mass is 733 g/mol. The van der Waals surface area contributed by atoms with E-state index in [4.69, 9.17) is 23.7 Å². The van der Waals surface area contributed by atoms with Gasteiger partial charge in [-0.05, 0) is 73.2 Å². The molecule has 2 aromatic carbocycles. The molecule has 1 amide bonds. The van der Waals surface area contributed by atoms with Crippen molar-refractivity contribution in [3.8, 4) is 6.07 Å². The summed E-state index contributed by atoms with van der Waals surface area (Å²) < 4.78 is 0.520. The number of rotatable bonds is 7. The van der Waals surface area contributed by atoms with Crippen LogP contribution in [0.15, 0.2) is 73.1 Å². The maximum Gasteiger partial charge on any atom is 0.260 e. The highest BCUT2D eigenvalue weighted by Crippen LogP contribution is 2.39. The molecule has 2 aliphatic rings. The lowest BCUT2D eigenvalue weighted by atomic mass is 10.1. The molecule has 3 aromatic heterocycles. The molecule has 0 atom stereocenters. The first kappa shape index (κ1) is 36.7. The maximum absolute atomic E-state index is 11.7. The van der Waals surface area contributed by atoms with Crippen molar-refractivity contribution in [2.45, 2.75) is 39.5 Å². The van der Waals surface area contributed by atoms with Crippen LogP contribution >= 0.6 is 23.6 Å². The minimum absolute atomic E-state index is 0.391. The number of hydrogen-bond acceptors (Lipinski definition) is 10. The first-order valence-corrected chi connectivity index (χ1v) is 19.3. The van der Waals surface area contributed by atoms with Crippen molar-refractivity contribution in [3.63, 3.8) is 0 Å². The molecule has 2 fully saturated rings. The van der Waals surface area contributed by atoms with Crippen molar-refractivity contribution < 1.29 is 4.79 Å². The van der Waals surface area contributed by atoms with Crippen LogP contribution in [0, 0.1) is 16.0 Å². The number of amides is 1. The highest BCUT2D eigenvalue weighted by atomic mass is 32.1. The highest BCUT2D eigenvalue weighted by molar-refractivity contribution is 7.71. The second-order valence-corrected chi connectivity index (χ2v) is 14.5. The normalized spacial score (nSPS) is 15.0. The Labute approximate surface area is 315 Å². The average molecular weight is 734 g/mol. The first-order valence-electron chi connectivity index (χ1n) is 18.1. The van der Waals surface area contributed by atoms with Gasteiger partial charge in [0.2, 0.25) is 0 Å². The highest BCUT2D eigenvalue weighted by Gasteiger charge is 2.23. The minimum Gasteiger partial charge on any atom is -0.397 e. The fraction of sp³-hybridized carbons (Fsp3) is 0.350. The van der Waals surface area contributed by atoms with Gasteiger partial charge in [0.25, 0.3) is 5.91 Å². The Balaban J connectivity index is 0.000000181. The van der Waals surface area contributed by atoms with Crippen molar-refractivity contribution in [2.24, 2.45) is 5.73 Å². The van der Waals surface area contributed by atoms with Crippen LogP contribution in [0.25, 0.3) is 10.2 Å². The number of primary amides is 1. The number of H-pyrrole nitrogens is 1. The van der Waals surface area contributed by atoms with Crippen LogP contribution in [0.1, 0.15) is 53.1 Å². The molecule has 0 aliphatic carbocycles. The molecule has 270 valence electrons. The van der Waals surface area contributed by atoms with Crippen molar-refractivity contribution in [2.75, 3.05) is 77.7 Å². The summed E-state index contributed by atoms with van der Waals surface area (Å²) in [5.74, 6) is -0.496. The predicted octanol–water partition coefficient (Wildman–Crippen LogP) is 7.15. The van der Waals surface area contributed by atoms with Crippen molar-refractivity contribution in [3.05, 3.63) is 99.3 Å². The summed E-state index contributed by atoms with van der Waals surface area (Å²) in [4.78, 5) is 29.7. The van der Waals surface area contributed by atoms with E-state index in [9.17, 15) is 10.1 Å². The third kappa shape index (κ3) is 8.16. The summed E-state index contributed by atoms with van der Waals surface area (Å²) in [6.07, 6.45) is 7.84. The molecule has 0 radical (unpaired) electrons. The third-order valence-electron chi connectivity index (χ3n) is 9.97. The molecule has 52 heavy (non-hydrogen) atoms. The number of nitrogens with zero attached hydrogens (tertiary/aromatic N) is 6. The molecule has 5 heterocycles. The number of nitrogens with two attached hydrogens (primary N) is 2. The fourth-order valence-electron chi connectivity index (χ4n) is 7.03. The molecule has 5 aromatic rings. The molecule has 7 rings (SSSR count). The number of carbonyl (C=O) groups is 1. The standard InChI is InChI=1S/C21H25N5OS.C19H22N4S/c1-2-14-4-6-15(7-5-14)25-10-3-11-26(13-12-25)16-8-9-24-21-17(16)18(22)19(28-21)20(23)27;1-2-15-4-6-16(7-5-15)22-10-3-11-23(13-12-22)18-8-9-21-19(24)17(18)14-20/h4-9H,2-3,10-13,22H2,1H3,(H2,23,27);4-9H,2-3,10-13H2,1H3,(H,21,24). The number of fused-ring (bicyclic) bond motifs is 1. The van der Waals surface area contributed by atoms with Crippen LogP contribution in [0.3, 0.4) is 0 Å². The lowest BCUT2D eigenvalue weighted by Crippen LogP contribution is -2.31. The number of nitrogens with one attached hydrogen (secondary N) is 1. The number of aromatic amines is 1. The molecule has 5 N–H and O–H groups in total. The number of benzene rings is 2. The summed E-state index contributed by atoms with van der Waals surface area (Å²) in [7, 11) is 0. The lowest BCUT2D eigenvalue weighted by molar-refractivity contribution is 0.100. The smallest absolute Gasteiger partial charge is 0.260 e. The zero-order valence-electron chi connectivity index (χ0n) is 30.0. The fourth-order valence-corrected chi connectivity index (χ4v) is 8.19. The van der Waals surface area contributed by atoms with Gasteiger partial charge in [-0.15, -0.1) is 11.3 Å². The number of aryl methyl sites for hydroxylation is 2. The summed E-state index contributed by atoms with van der Waals surface area (Å²) >= 11 is 6.52. The zero-order chi connectivity index (χ0) is 36.6. The third-order valence-corrected chi connectivity index (χ3v) is 11.4.